The molecule has 0 aromatic carbocycles. The van der Waals surface area contributed by atoms with Gasteiger partial charge in [0.25, 0.3) is 0 Å². The van der Waals surface area contributed by atoms with Crippen molar-refractivity contribution in [2.24, 2.45) is 0 Å². The van der Waals surface area contributed by atoms with Crippen LogP contribution in [0.15, 0.2) is 158 Å². The van der Waals surface area contributed by atoms with Gasteiger partial charge in [0.15, 0.2) is 12.2 Å². The summed E-state index contributed by atoms with van der Waals surface area (Å²) in [5.41, 5.74) is 0. The molecule has 0 spiro atoms. The van der Waals surface area contributed by atoms with E-state index in [-0.39, 0.29) is 25.7 Å². The molecule has 0 radical (unpaired) electrons. The average Bonchev–Trinajstić information content (AvgIpc) is 0.903. The average molecular weight is 1520 g/mol. The number of allylic oxidation sites excluding steroid dienone is 26. The van der Waals surface area contributed by atoms with Crippen molar-refractivity contribution in [3.8, 4) is 0 Å². The maximum absolute atomic E-state index is 13.1. The van der Waals surface area contributed by atoms with Crippen molar-refractivity contribution in [3.63, 3.8) is 0 Å². The van der Waals surface area contributed by atoms with Gasteiger partial charge in [-0.25, -0.2) is 9.13 Å². The summed E-state index contributed by atoms with van der Waals surface area (Å²) in [6.07, 6.45) is 90.7. The Morgan fingerprint density at radius 2 is 0.491 bits per heavy atom. The van der Waals surface area contributed by atoms with Gasteiger partial charge < -0.3 is 33.8 Å². The van der Waals surface area contributed by atoms with Gasteiger partial charge in [0, 0.05) is 25.7 Å². The number of carbonyl (C=O) groups is 4. The first kappa shape index (κ1) is 101. The Morgan fingerprint density at radius 1 is 0.274 bits per heavy atom. The molecule has 0 aliphatic rings. The Morgan fingerprint density at radius 3 is 0.774 bits per heavy atom. The number of rotatable bonds is 75. The van der Waals surface area contributed by atoms with Crippen LogP contribution in [0.25, 0.3) is 0 Å². The van der Waals surface area contributed by atoms with Crippen LogP contribution >= 0.6 is 15.6 Å². The zero-order valence-corrected chi connectivity index (χ0v) is 67.8. The lowest BCUT2D eigenvalue weighted by Gasteiger charge is -2.21. The standard InChI is InChI=1S/C87H144O17P2/c1-5-9-13-17-21-25-29-33-36-38-40-42-45-49-52-56-60-64-68-72-85(90)98-78-83(104-87(92)74-70-66-62-58-54-50-46-43-41-39-37-34-30-26-22-18-14-10-6-2)80-102-106(95,96)100-76-81(88)75-99-105(93,94)101-79-82(103-86(91)73-69-65-61-57-53-47-32-28-24-20-16-12-8-4)77-97-84(89)71-67-63-59-55-51-48-44-35-31-27-23-19-15-11-7-3/h9-11,13-15,21-23,25-28,32-37,40-44,49,52,81-83,88H,5-8,12,16-20,24,29-31,38-39,45-48,50-51,53-80H2,1-4H3,(H,93,94)(H,95,96)/b13-9-,14-10-,15-11-,25-21-,26-22-,27-23-,32-28-,36-33-,37-34-,42-40-,43-41-,44-35-,52-49-. The van der Waals surface area contributed by atoms with E-state index in [2.05, 4.69) is 186 Å². The van der Waals surface area contributed by atoms with Crippen molar-refractivity contribution in [1.29, 1.82) is 0 Å². The Hall–Kier alpha value is -5.32. The van der Waals surface area contributed by atoms with Crippen molar-refractivity contribution in [2.45, 2.75) is 329 Å². The number of ether oxygens (including phenoxy) is 4. The van der Waals surface area contributed by atoms with E-state index in [0.717, 1.165) is 205 Å². The lowest BCUT2D eigenvalue weighted by molar-refractivity contribution is -0.161. The van der Waals surface area contributed by atoms with Crippen LogP contribution in [0.2, 0.25) is 0 Å². The van der Waals surface area contributed by atoms with Gasteiger partial charge in [-0.3, -0.25) is 37.3 Å². The first-order chi connectivity index (χ1) is 51.7. The summed E-state index contributed by atoms with van der Waals surface area (Å²) < 4.78 is 68.6. The molecule has 0 aromatic rings. The van der Waals surface area contributed by atoms with Gasteiger partial charge >= 0.3 is 39.5 Å². The fraction of sp³-hybridized carbons (Fsp3) is 0.655. The van der Waals surface area contributed by atoms with E-state index in [9.17, 15) is 43.2 Å². The van der Waals surface area contributed by atoms with Crippen LogP contribution in [0.4, 0.5) is 0 Å². The highest BCUT2D eigenvalue weighted by molar-refractivity contribution is 7.47. The third-order valence-electron chi connectivity index (χ3n) is 16.5. The quantitative estimate of drug-likeness (QED) is 0.0169. The lowest BCUT2D eigenvalue weighted by atomic mass is 10.1. The minimum Gasteiger partial charge on any atom is -0.462 e. The Kier molecular flexibility index (Phi) is 73.9. The maximum Gasteiger partial charge on any atom is 0.472 e. The number of hydrogen-bond acceptors (Lipinski definition) is 15. The van der Waals surface area contributed by atoms with E-state index in [1.165, 1.54) is 25.7 Å². The molecule has 19 heteroatoms. The van der Waals surface area contributed by atoms with Crippen molar-refractivity contribution in [1.82, 2.24) is 0 Å². The van der Waals surface area contributed by atoms with Crippen LogP contribution < -0.4 is 0 Å². The Labute approximate surface area is 642 Å². The molecule has 3 N–H and O–H groups in total. The van der Waals surface area contributed by atoms with E-state index in [1.54, 1.807) is 0 Å². The fourth-order valence-corrected chi connectivity index (χ4v) is 11.9. The Bertz CT molecular complexity index is 2630. The number of aliphatic hydroxyl groups excluding tert-OH is 1. The van der Waals surface area contributed by atoms with Gasteiger partial charge in [-0.05, 0) is 167 Å². The van der Waals surface area contributed by atoms with E-state index in [1.807, 2.05) is 0 Å². The van der Waals surface area contributed by atoms with E-state index >= 15 is 0 Å². The SMILES string of the molecule is CC/C=C\C/C=C\C/C=C\C/C=C\C/C=C\CCCCCC(=O)OCC(COP(=O)(O)OCC(O)COP(=O)(O)OCC(COC(=O)CCCCCCC/C=C\C/C=C\C/C=C\CC)OC(=O)CCCCCCC/C=C\CCCCCC)OC(=O)CCCCCCCC/C=C\C/C=C\C/C=C\C/C=C\CC. The predicted molar refractivity (Wildman–Crippen MR) is 436 cm³/mol. The van der Waals surface area contributed by atoms with Crippen molar-refractivity contribution >= 4 is 39.5 Å². The number of unbranched alkanes of at least 4 members (excludes halogenated alkanes) is 23. The molecule has 0 bridgehead atoms. The molecule has 0 aliphatic heterocycles. The summed E-state index contributed by atoms with van der Waals surface area (Å²) >= 11 is 0. The number of aliphatic hydroxyl groups is 1. The molecule has 0 saturated carbocycles. The molecule has 5 unspecified atom stereocenters. The largest absolute Gasteiger partial charge is 0.472 e. The van der Waals surface area contributed by atoms with Crippen LogP contribution in [0.5, 0.6) is 0 Å². The topological polar surface area (TPSA) is 237 Å². The van der Waals surface area contributed by atoms with E-state index in [0.29, 0.717) is 25.7 Å². The maximum atomic E-state index is 13.1. The molecule has 0 heterocycles. The van der Waals surface area contributed by atoms with Gasteiger partial charge in [0.05, 0.1) is 26.4 Å². The summed E-state index contributed by atoms with van der Waals surface area (Å²) in [4.78, 5) is 73.1. The van der Waals surface area contributed by atoms with Gasteiger partial charge in [0.1, 0.15) is 19.3 Å². The summed E-state index contributed by atoms with van der Waals surface area (Å²) in [6, 6.07) is 0. The summed E-state index contributed by atoms with van der Waals surface area (Å²) in [6.45, 7) is 4.44. The smallest absolute Gasteiger partial charge is 0.462 e. The van der Waals surface area contributed by atoms with Crippen LogP contribution in [0.1, 0.15) is 310 Å². The number of hydrogen-bond donors (Lipinski definition) is 3. The van der Waals surface area contributed by atoms with Gasteiger partial charge in [0.2, 0.25) is 0 Å². The van der Waals surface area contributed by atoms with Gasteiger partial charge in [-0.2, -0.15) is 0 Å². The van der Waals surface area contributed by atoms with Crippen LogP contribution in [-0.4, -0.2) is 96.7 Å². The monoisotopic (exact) mass is 1520 g/mol. The highest BCUT2D eigenvalue weighted by Crippen LogP contribution is 2.45. The second-order valence-electron chi connectivity index (χ2n) is 26.6. The number of esters is 4. The van der Waals surface area contributed by atoms with Gasteiger partial charge in [-0.1, -0.05) is 276 Å². The fourth-order valence-electron chi connectivity index (χ4n) is 10.4. The first-order valence-corrected chi connectivity index (χ1v) is 43.7. The van der Waals surface area contributed by atoms with Crippen molar-refractivity contribution in [3.05, 3.63) is 158 Å². The minimum atomic E-state index is -5.00. The first-order valence-electron chi connectivity index (χ1n) is 40.7. The summed E-state index contributed by atoms with van der Waals surface area (Å²) in [5, 5.41) is 10.7. The molecule has 0 fully saturated rings. The molecule has 0 rings (SSSR count). The minimum absolute atomic E-state index is 0.0653. The highest BCUT2D eigenvalue weighted by atomic mass is 31.2. The summed E-state index contributed by atoms with van der Waals surface area (Å²) in [7, 11) is -9.99. The molecular formula is C87H144O17P2. The zero-order valence-electron chi connectivity index (χ0n) is 66.1. The van der Waals surface area contributed by atoms with E-state index in [4.69, 9.17) is 37.0 Å². The molecule has 0 saturated heterocycles. The predicted octanol–water partition coefficient (Wildman–Crippen LogP) is 24.0. The molecule has 106 heavy (non-hydrogen) atoms. The normalized spacial score (nSPS) is 14.7. The molecule has 17 nitrogen and oxygen atoms in total. The molecular weight excluding hydrogens is 1380 g/mol. The molecule has 0 aromatic heterocycles. The molecule has 0 amide bonds. The number of phosphoric acid groups is 2. The van der Waals surface area contributed by atoms with Crippen molar-refractivity contribution < 1.29 is 80.2 Å². The second-order valence-corrected chi connectivity index (χ2v) is 29.5. The summed E-state index contributed by atoms with van der Waals surface area (Å²) in [5.74, 6) is -2.26. The van der Waals surface area contributed by atoms with Crippen molar-refractivity contribution in [2.75, 3.05) is 39.6 Å². The van der Waals surface area contributed by atoms with Crippen LogP contribution in [-0.2, 0) is 65.4 Å². The van der Waals surface area contributed by atoms with E-state index < -0.39 is 97.5 Å². The van der Waals surface area contributed by atoms with Crippen LogP contribution in [0, 0.1) is 0 Å². The van der Waals surface area contributed by atoms with Gasteiger partial charge in [-0.15, -0.1) is 0 Å². The third kappa shape index (κ3) is 76.9. The number of carbonyl (C=O) groups excluding carboxylic acids is 4. The highest BCUT2D eigenvalue weighted by Gasteiger charge is 2.30. The molecule has 0 aliphatic carbocycles. The number of phosphoric ester groups is 2. The molecule has 5 atom stereocenters. The third-order valence-corrected chi connectivity index (χ3v) is 18.4. The molecule has 604 valence electrons. The Balaban J connectivity index is 5.44. The zero-order chi connectivity index (χ0) is 77.4. The lowest BCUT2D eigenvalue weighted by Crippen LogP contribution is -2.30. The second kappa shape index (κ2) is 77.8. The van der Waals surface area contributed by atoms with Crippen LogP contribution in [0.3, 0.4) is 0 Å².